The third kappa shape index (κ3) is 3.00. The predicted molar refractivity (Wildman–Crippen MR) is 83.9 cm³/mol. The van der Waals surface area contributed by atoms with Crippen molar-refractivity contribution in [1.29, 1.82) is 0 Å². The van der Waals surface area contributed by atoms with Crippen molar-refractivity contribution in [1.82, 2.24) is 5.16 Å². The number of aromatic nitrogens is 1. The van der Waals surface area contributed by atoms with Crippen molar-refractivity contribution in [2.24, 2.45) is 0 Å². The number of benzene rings is 1. The van der Waals surface area contributed by atoms with Gasteiger partial charge in [-0.25, -0.2) is 0 Å². The summed E-state index contributed by atoms with van der Waals surface area (Å²) < 4.78 is 5.02. The molecule has 1 aromatic carbocycles. The Kier molecular flexibility index (Phi) is 4.30. The molecule has 0 unspecified atom stereocenters. The fourth-order valence-electron chi connectivity index (χ4n) is 2.26. The second-order valence-corrected chi connectivity index (χ2v) is 5.31. The maximum absolute atomic E-state index is 12.3. The third-order valence-corrected chi connectivity index (χ3v) is 3.47. The van der Waals surface area contributed by atoms with Crippen LogP contribution in [0.25, 0.3) is 0 Å². The minimum Gasteiger partial charge on any atom is -0.359 e. The van der Waals surface area contributed by atoms with Gasteiger partial charge in [-0.05, 0) is 44.9 Å². The summed E-state index contributed by atoms with van der Waals surface area (Å²) in [5, 5.41) is 6.44. The van der Waals surface area contributed by atoms with Gasteiger partial charge in [0.15, 0.2) is 5.76 Å². The van der Waals surface area contributed by atoms with Crippen LogP contribution in [0.2, 0.25) is 0 Å². The van der Waals surface area contributed by atoms with Gasteiger partial charge in [0.2, 0.25) is 0 Å². The van der Waals surface area contributed by atoms with Crippen molar-refractivity contribution in [2.75, 3.05) is 17.3 Å². The van der Waals surface area contributed by atoms with Crippen LogP contribution in [0.1, 0.15) is 22.6 Å². The molecule has 0 saturated carbocycles. The van der Waals surface area contributed by atoms with Crippen LogP contribution in [0.3, 0.4) is 0 Å². The van der Waals surface area contributed by atoms with Crippen LogP contribution in [-0.2, 0) is 9.59 Å². The molecule has 2 amide bonds. The van der Waals surface area contributed by atoms with E-state index in [0.717, 1.165) is 11.1 Å². The van der Waals surface area contributed by atoms with Gasteiger partial charge in [-0.2, -0.15) is 0 Å². The summed E-state index contributed by atoms with van der Waals surface area (Å²) in [5.74, 6) is -0.876. The van der Waals surface area contributed by atoms with E-state index in [-0.39, 0.29) is 0 Å². The number of hydrogen-bond acceptors (Lipinski definition) is 4. The first-order valence-electron chi connectivity index (χ1n) is 6.90. The largest absolute Gasteiger partial charge is 0.359 e. The Morgan fingerprint density at radius 2 is 1.86 bits per heavy atom. The molecule has 6 heteroatoms. The highest BCUT2D eigenvalue weighted by Crippen LogP contribution is 2.23. The van der Waals surface area contributed by atoms with Crippen molar-refractivity contribution in [3.63, 3.8) is 0 Å². The lowest BCUT2D eigenvalue weighted by Gasteiger charge is -2.16. The number of rotatable bonds is 2. The zero-order valence-electron chi connectivity index (χ0n) is 13.4. The summed E-state index contributed by atoms with van der Waals surface area (Å²) in [6.07, 6.45) is 0. The lowest BCUT2D eigenvalue weighted by Crippen LogP contribution is -2.37. The number of nitrogens with zero attached hydrogens (tertiary/aromatic N) is 2. The quantitative estimate of drug-likeness (QED) is 0.865. The van der Waals surface area contributed by atoms with Crippen LogP contribution in [0.15, 0.2) is 22.7 Å². The van der Waals surface area contributed by atoms with Crippen LogP contribution in [0.4, 0.5) is 11.4 Å². The molecule has 1 N–H and O–H groups in total. The van der Waals surface area contributed by atoms with E-state index in [4.69, 9.17) is 4.52 Å². The monoisotopic (exact) mass is 301 g/mol. The Bertz CT molecular complexity index is 715. The molecule has 0 saturated heterocycles. The van der Waals surface area contributed by atoms with Gasteiger partial charge < -0.3 is 14.7 Å². The topological polar surface area (TPSA) is 75.4 Å². The Balaban J connectivity index is 2.19. The summed E-state index contributed by atoms with van der Waals surface area (Å²) in [4.78, 5) is 25.7. The first-order valence-corrected chi connectivity index (χ1v) is 6.90. The van der Waals surface area contributed by atoms with Gasteiger partial charge in [0.05, 0.1) is 0 Å². The second-order valence-electron chi connectivity index (χ2n) is 5.31. The molecule has 0 bridgehead atoms. The molecule has 0 radical (unpaired) electrons. The van der Waals surface area contributed by atoms with Gasteiger partial charge in [0, 0.05) is 12.7 Å². The van der Waals surface area contributed by atoms with Gasteiger partial charge in [0.25, 0.3) is 0 Å². The molecular formula is C16H19N3O3. The minimum absolute atomic E-state index is 0.493. The van der Waals surface area contributed by atoms with Crippen molar-refractivity contribution in [2.45, 2.75) is 27.7 Å². The maximum atomic E-state index is 12.3. The average molecular weight is 301 g/mol. The molecule has 2 aromatic rings. The van der Waals surface area contributed by atoms with Crippen LogP contribution < -0.4 is 10.2 Å². The SMILES string of the molecule is Cc1ccc(C)c(NC(=O)C(=O)N(C)c2c(C)noc2C)c1. The Hall–Kier alpha value is -2.63. The maximum Gasteiger partial charge on any atom is 0.316 e. The van der Waals surface area contributed by atoms with Crippen molar-refractivity contribution in [3.8, 4) is 0 Å². The number of amides is 2. The lowest BCUT2D eigenvalue weighted by molar-refractivity contribution is -0.134. The van der Waals surface area contributed by atoms with E-state index in [0.29, 0.717) is 22.8 Å². The van der Waals surface area contributed by atoms with Gasteiger partial charge >= 0.3 is 11.8 Å². The van der Waals surface area contributed by atoms with E-state index < -0.39 is 11.8 Å². The number of likely N-dealkylation sites (N-methyl/N-ethyl adjacent to an activating group) is 1. The smallest absolute Gasteiger partial charge is 0.316 e. The molecule has 0 aliphatic carbocycles. The number of aryl methyl sites for hydroxylation is 4. The average Bonchev–Trinajstić information content (AvgIpc) is 2.80. The standard InChI is InChI=1S/C16H19N3O3/c1-9-6-7-10(2)13(8-9)17-15(20)16(21)19(5)14-11(3)18-22-12(14)4/h6-8H,1-5H3,(H,17,20). The van der Waals surface area contributed by atoms with E-state index in [1.807, 2.05) is 32.0 Å². The fourth-order valence-corrected chi connectivity index (χ4v) is 2.26. The number of nitrogens with one attached hydrogen (secondary N) is 1. The van der Waals surface area contributed by atoms with Gasteiger partial charge in [-0.3, -0.25) is 9.59 Å². The molecule has 2 rings (SSSR count). The van der Waals surface area contributed by atoms with Crippen LogP contribution in [0, 0.1) is 27.7 Å². The lowest BCUT2D eigenvalue weighted by atomic mass is 10.1. The fraction of sp³-hybridized carbons (Fsp3) is 0.312. The number of anilines is 2. The number of carbonyl (C=O) groups is 2. The van der Waals surface area contributed by atoms with E-state index in [9.17, 15) is 9.59 Å². The second kappa shape index (κ2) is 6.01. The Morgan fingerprint density at radius 1 is 1.18 bits per heavy atom. The number of carbonyl (C=O) groups excluding carboxylic acids is 2. The molecule has 0 aliphatic rings. The summed E-state index contributed by atoms with van der Waals surface area (Å²) in [6, 6.07) is 5.67. The van der Waals surface area contributed by atoms with Crippen LogP contribution >= 0.6 is 0 Å². The van der Waals surface area contributed by atoms with Gasteiger partial charge in [-0.15, -0.1) is 0 Å². The third-order valence-electron chi connectivity index (χ3n) is 3.47. The molecule has 22 heavy (non-hydrogen) atoms. The van der Waals surface area contributed by atoms with E-state index in [2.05, 4.69) is 10.5 Å². The van der Waals surface area contributed by atoms with Crippen LogP contribution in [-0.4, -0.2) is 24.0 Å². The van der Waals surface area contributed by atoms with Crippen molar-refractivity contribution < 1.29 is 14.1 Å². The zero-order chi connectivity index (χ0) is 16.4. The van der Waals surface area contributed by atoms with Crippen molar-refractivity contribution in [3.05, 3.63) is 40.8 Å². The summed E-state index contributed by atoms with van der Waals surface area (Å²) in [6.45, 7) is 7.21. The zero-order valence-corrected chi connectivity index (χ0v) is 13.4. The summed E-state index contributed by atoms with van der Waals surface area (Å²) in [7, 11) is 1.53. The van der Waals surface area contributed by atoms with E-state index in [1.165, 1.54) is 11.9 Å². The first-order chi connectivity index (χ1) is 10.3. The molecule has 116 valence electrons. The van der Waals surface area contributed by atoms with Gasteiger partial charge in [-0.1, -0.05) is 17.3 Å². The normalized spacial score (nSPS) is 10.4. The molecule has 6 nitrogen and oxygen atoms in total. The molecule has 0 spiro atoms. The molecule has 0 fully saturated rings. The first kappa shape index (κ1) is 15.8. The molecular weight excluding hydrogens is 282 g/mol. The highest BCUT2D eigenvalue weighted by Gasteiger charge is 2.25. The van der Waals surface area contributed by atoms with E-state index >= 15 is 0 Å². The van der Waals surface area contributed by atoms with Crippen LogP contribution in [0.5, 0.6) is 0 Å². The predicted octanol–water partition coefficient (Wildman–Crippen LogP) is 2.51. The molecule has 1 heterocycles. The number of hydrogen-bond donors (Lipinski definition) is 1. The summed E-state index contributed by atoms with van der Waals surface area (Å²) >= 11 is 0. The summed E-state index contributed by atoms with van der Waals surface area (Å²) in [5.41, 5.74) is 3.61. The minimum atomic E-state index is -0.698. The highest BCUT2D eigenvalue weighted by molar-refractivity contribution is 6.44. The molecule has 0 atom stereocenters. The van der Waals surface area contributed by atoms with E-state index in [1.54, 1.807) is 13.8 Å². The highest BCUT2D eigenvalue weighted by atomic mass is 16.5. The molecule has 0 aliphatic heterocycles. The molecule has 1 aromatic heterocycles. The Morgan fingerprint density at radius 3 is 2.45 bits per heavy atom. The van der Waals surface area contributed by atoms with Gasteiger partial charge in [0.1, 0.15) is 11.4 Å². The Labute approximate surface area is 129 Å². The van der Waals surface area contributed by atoms with Crippen molar-refractivity contribution >= 4 is 23.2 Å².